The smallest absolute Gasteiger partial charge is 0.325 e. The van der Waals surface area contributed by atoms with E-state index in [2.05, 4.69) is 9.97 Å². The van der Waals surface area contributed by atoms with Gasteiger partial charge in [0.1, 0.15) is 6.54 Å². The highest BCUT2D eigenvalue weighted by Gasteiger charge is 2.20. The molecule has 0 atom stereocenters. The molecule has 112 valence electrons. The Kier molecular flexibility index (Phi) is 4.57. The molecule has 0 aliphatic carbocycles. The second kappa shape index (κ2) is 6.39. The number of hydrogen-bond donors (Lipinski definition) is 1. The number of fused-ring (bicyclic) bond motifs is 1. The van der Waals surface area contributed by atoms with Crippen molar-refractivity contribution in [1.29, 1.82) is 0 Å². The molecule has 1 aromatic heterocycles. The van der Waals surface area contributed by atoms with Crippen LogP contribution in [0.2, 0.25) is 0 Å². The van der Waals surface area contributed by atoms with E-state index in [0.717, 1.165) is 11.0 Å². The maximum atomic E-state index is 11.8. The first-order chi connectivity index (χ1) is 10.0. The summed E-state index contributed by atoms with van der Waals surface area (Å²) in [5, 5.41) is 0. The number of esters is 1. The summed E-state index contributed by atoms with van der Waals surface area (Å²) in [5.41, 5.74) is 7.49. The topological polar surface area (TPSA) is 81.3 Å². The molecule has 1 heterocycles. The lowest BCUT2D eigenvalue weighted by molar-refractivity contribution is -0.141. The van der Waals surface area contributed by atoms with Gasteiger partial charge in [-0.1, -0.05) is 12.1 Å². The third-order valence-corrected chi connectivity index (χ3v) is 3.08. The van der Waals surface area contributed by atoms with Crippen LogP contribution in [0, 0.1) is 0 Å². The molecule has 21 heavy (non-hydrogen) atoms. The zero-order chi connectivity index (χ0) is 15.4. The number of carbonyl (C=O) groups excluding carboxylic acids is 1. The van der Waals surface area contributed by atoms with E-state index in [1.165, 1.54) is 0 Å². The fourth-order valence-corrected chi connectivity index (χ4v) is 2.06. The molecule has 6 nitrogen and oxygen atoms in total. The van der Waals surface area contributed by atoms with Gasteiger partial charge in [0.25, 0.3) is 0 Å². The molecule has 0 aliphatic rings. The molecule has 0 amide bonds. The minimum atomic E-state index is -0.305. The van der Waals surface area contributed by atoms with Crippen LogP contribution in [-0.4, -0.2) is 35.1 Å². The van der Waals surface area contributed by atoms with Crippen LogP contribution in [0.25, 0.3) is 11.0 Å². The normalized spacial score (nSPS) is 10.9. The number of anilines is 2. The van der Waals surface area contributed by atoms with Crippen LogP contribution in [0.3, 0.4) is 0 Å². The molecule has 0 saturated carbocycles. The predicted molar refractivity (Wildman–Crippen MR) is 83.1 cm³/mol. The van der Waals surface area contributed by atoms with E-state index in [-0.39, 0.29) is 18.6 Å². The van der Waals surface area contributed by atoms with Crippen LogP contribution in [0.4, 0.5) is 11.6 Å². The van der Waals surface area contributed by atoms with Gasteiger partial charge in [0.15, 0.2) is 11.6 Å². The van der Waals surface area contributed by atoms with Crippen LogP contribution in [0.15, 0.2) is 24.3 Å². The minimum Gasteiger partial charge on any atom is -0.465 e. The van der Waals surface area contributed by atoms with Gasteiger partial charge in [-0.15, -0.1) is 0 Å². The molecular weight excluding hydrogens is 268 g/mol. The SMILES string of the molecule is CCOC(=O)CN(c1nc2ccccc2nc1N)C(C)C. The Morgan fingerprint density at radius 2 is 1.90 bits per heavy atom. The van der Waals surface area contributed by atoms with Gasteiger partial charge in [-0.05, 0) is 32.9 Å². The standard InChI is InChI=1S/C15H20N4O2/c1-4-21-13(20)9-19(10(2)3)15-14(16)17-11-7-5-6-8-12(11)18-15/h5-8,10H,4,9H2,1-3H3,(H2,16,17). The molecule has 1 aromatic carbocycles. The number of aromatic nitrogens is 2. The van der Waals surface area contributed by atoms with Gasteiger partial charge < -0.3 is 15.4 Å². The van der Waals surface area contributed by atoms with Crippen LogP contribution >= 0.6 is 0 Å². The predicted octanol–water partition coefficient (Wildman–Crippen LogP) is 1.99. The van der Waals surface area contributed by atoms with Crippen molar-refractivity contribution in [2.75, 3.05) is 23.8 Å². The van der Waals surface area contributed by atoms with Crippen molar-refractivity contribution in [3.8, 4) is 0 Å². The first-order valence-electron chi connectivity index (χ1n) is 6.97. The van der Waals surface area contributed by atoms with E-state index < -0.39 is 0 Å². The van der Waals surface area contributed by atoms with E-state index in [1.807, 2.05) is 38.1 Å². The molecule has 2 rings (SSSR count). The number of rotatable bonds is 5. The highest BCUT2D eigenvalue weighted by Crippen LogP contribution is 2.24. The highest BCUT2D eigenvalue weighted by atomic mass is 16.5. The summed E-state index contributed by atoms with van der Waals surface area (Å²) < 4.78 is 5.00. The Morgan fingerprint density at radius 3 is 2.48 bits per heavy atom. The largest absolute Gasteiger partial charge is 0.465 e. The third kappa shape index (κ3) is 3.39. The molecule has 0 bridgehead atoms. The van der Waals surface area contributed by atoms with Crippen molar-refractivity contribution in [3.05, 3.63) is 24.3 Å². The maximum absolute atomic E-state index is 11.8. The number of nitrogen functional groups attached to an aromatic ring is 1. The average molecular weight is 288 g/mol. The van der Waals surface area contributed by atoms with Crippen molar-refractivity contribution in [2.45, 2.75) is 26.8 Å². The molecule has 2 aromatic rings. The van der Waals surface area contributed by atoms with Gasteiger partial charge in [-0.3, -0.25) is 4.79 Å². The fourth-order valence-electron chi connectivity index (χ4n) is 2.06. The van der Waals surface area contributed by atoms with Gasteiger partial charge in [0, 0.05) is 6.04 Å². The number of para-hydroxylation sites is 2. The summed E-state index contributed by atoms with van der Waals surface area (Å²) in [6.45, 7) is 6.17. The molecule has 2 N–H and O–H groups in total. The lowest BCUT2D eigenvalue weighted by Gasteiger charge is -2.27. The van der Waals surface area contributed by atoms with Gasteiger partial charge in [0.2, 0.25) is 0 Å². The Balaban J connectivity index is 2.39. The Labute approximate surface area is 123 Å². The maximum Gasteiger partial charge on any atom is 0.325 e. The van der Waals surface area contributed by atoms with Crippen molar-refractivity contribution in [3.63, 3.8) is 0 Å². The molecule has 0 saturated heterocycles. The van der Waals surface area contributed by atoms with E-state index in [1.54, 1.807) is 11.8 Å². The second-order valence-corrected chi connectivity index (χ2v) is 4.95. The van der Waals surface area contributed by atoms with E-state index in [4.69, 9.17) is 10.5 Å². The summed E-state index contributed by atoms with van der Waals surface area (Å²) in [5.74, 6) is 0.518. The number of benzene rings is 1. The molecular formula is C15H20N4O2. The van der Waals surface area contributed by atoms with Crippen molar-refractivity contribution < 1.29 is 9.53 Å². The van der Waals surface area contributed by atoms with Gasteiger partial charge >= 0.3 is 5.97 Å². The average Bonchev–Trinajstić information content (AvgIpc) is 2.44. The van der Waals surface area contributed by atoms with E-state index >= 15 is 0 Å². The summed E-state index contributed by atoms with van der Waals surface area (Å²) >= 11 is 0. The fraction of sp³-hybridized carbons (Fsp3) is 0.400. The third-order valence-electron chi connectivity index (χ3n) is 3.08. The van der Waals surface area contributed by atoms with Crippen LogP contribution in [-0.2, 0) is 9.53 Å². The lowest BCUT2D eigenvalue weighted by atomic mass is 10.2. The number of hydrogen-bond acceptors (Lipinski definition) is 6. The Morgan fingerprint density at radius 1 is 1.29 bits per heavy atom. The molecule has 0 spiro atoms. The van der Waals surface area contributed by atoms with Crippen molar-refractivity contribution in [2.24, 2.45) is 0 Å². The summed E-state index contributed by atoms with van der Waals surface area (Å²) in [4.78, 5) is 22.4. The zero-order valence-electron chi connectivity index (χ0n) is 12.5. The van der Waals surface area contributed by atoms with Gasteiger partial charge in [0.05, 0.1) is 17.6 Å². The first-order valence-corrected chi connectivity index (χ1v) is 6.97. The Bertz CT molecular complexity index is 643. The quantitative estimate of drug-likeness (QED) is 0.847. The van der Waals surface area contributed by atoms with Gasteiger partial charge in [-0.2, -0.15) is 0 Å². The van der Waals surface area contributed by atoms with E-state index in [0.29, 0.717) is 18.2 Å². The number of nitrogens with two attached hydrogens (primary N) is 1. The Hall–Kier alpha value is -2.37. The summed E-state index contributed by atoms with van der Waals surface area (Å²) in [6.07, 6.45) is 0. The van der Waals surface area contributed by atoms with Crippen LogP contribution < -0.4 is 10.6 Å². The molecule has 0 unspecified atom stereocenters. The molecule has 0 radical (unpaired) electrons. The first kappa shape index (κ1) is 15.0. The zero-order valence-corrected chi connectivity index (χ0v) is 12.5. The number of nitrogens with zero attached hydrogens (tertiary/aromatic N) is 3. The molecule has 6 heteroatoms. The molecule has 0 fully saturated rings. The molecule has 0 aliphatic heterocycles. The monoisotopic (exact) mass is 288 g/mol. The number of ether oxygens (including phenoxy) is 1. The second-order valence-electron chi connectivity index (χ2n) is 4.95. The van der Waals surface area contributed by atoms with E-state index in [9.17, 15) is 4.79 Å². The highest BCUT2D eigenvalue weighted by molar-refractivity contribution is 5.82. The van der Waals surface area contributed by atoms with Crippen molar-refractivity contribution >= 4 is 28.6 Å². The minimum absolute atomic E-state index is 0.0483. The van der Waals surface area contributed by atoms with Crippen LogP contribution in [0.1, 0.15) is 20.8 Å². The summed E-state index contributed by atoms with van der Waals surface area (Å²) in [6, 6.07) is 7.55. The number of carbonyl (C=O) groups is 1. The van der Waals surface area contributed by atoms with Crippen molar-refractivity contribution in [1.82, 2.24) is 9.97 Å². The summed E-state index contributed by atoms with van der Waals surface area (Å²) in [7, 11) is 0. The van der Waals surface area contributed by atoms with Crippen LogP contribution in [0.5, 0.6) is 0 Å². The lowest BCUT2D eigenvalue weighted by Crippen LogP contribution is -2.37. The van der Waals surface area contributed by atoms with Gasteiger partial charge in [-0.25, -0.2) is 9.97 Å².